The Bertz CT molecular complexity index is 471. The van der Waals surface area contributed by atoms with Gasteiger partial charge in [0.25, 0.3) is 0 Å². The highest BCUT2D eigenvalue weighted by Crippen LogP contribution is 2.29. The van der Waals surface area contributed by atoms with Crippen LogP contribution in [0, 0.1) is 11.2 Å². The second kappa shape index (κ2) is 4.69. The lowest BCUT2D eigenvalue weighted by molar-refractivity contribution is 0.0692. The molecule has 1 N–H and O–H groups in total. The molecule has 1 aliphatic rings. The molecule has 1 aromatic rings. The molecule has 1 fully saturated rings. The van der Waals surface area contributed by atoms with E-state index in [2.05, 4.69) is 18.7 Å². The third-order valence-corrected chi connectivity index (χ3v) is 3.43. The first-order valence-electron chi connectivity index (χ1n) is 6.11. The van der Waals surface area contributed by atoms with Crippen molar-refractivity contribution in [3.05, 3.63) is 35.1 Å². The SMILES string of the molecule is CC1(C)CCN(Cc2ccc(C(=O)O)c(F)c2)C1. The van der Waals surface area contributed by atoms with Crippen LogP contribution >= 0.6 is 0 Å². The maximum atomic E-state index is 13.5. The summed E-state index contributed by atoms with van der Waals surface area (Å²) >= 11 is 0. The summed E-state index contributed by atoms with van der Waals surface area (Å²) in [5.74, 6) is -1.88. The molecule has 98 valence electrons. The molecule has 0 bridgehead atoms. The molecule has 1 aromatic carbocycles. The average molecular weight is 251 g/mol. The largest absolute Gasteiger partial charge is 0.478 e. The smallest absolute Gasteiger partial charge is 0.338 e. The number of carboxylic acids is 1. The molecular weight excluding hydrogens is 233 g/mol. The lowest BCUT2D eigenvalue weighted by Gasteiger charge is -2.19. The normalized spacial score (nSPS) is 19.1. The van der Waals surface area contributed by atoms with Gasteiger partial charge in [-0.05, 0) is 36.1 Å². The molecule has 0 atom stereocenters. The summed E-state index contributed by atoms with van der Waals surface area (Å²) in [4.78, 5) is 13.0. The van der Waals surface area contributed by atoms with Crippen molar-refractivity contribution in [2.75, 3.05) is 13.1 Å². The van der Waals surface area contributed by atoms with E-state index in [1.54, 1.807) is 6.07 Å². The number of likely N-dealkylation sites (tertiary alicyclic amines) is 1. The summed E-state index contributed by atoms with van der Waals surface area (Å²) in [6, 6.07) is 4.36. The minimum atomic E-state index is -1.22. The van der Waals surface area contributed by atoms with Crippen LogP contribution in [0.3, 0.4) is 0 Å². The number of carbonyl (C=O) groups is 1. The van der Waals surface area contributed by atoms with Gasteiger partial charge < -0.3 is 5.11 Å². The second-order valence-corrected chi connectivity index (χ2v) is 5.74. The maximum absolute atomic E-state index is 13.5. The van der Waals surface area contributed by atoms with E-state index in [1.165, 1.54) is 12.1 Å². The molecule has 0 unspecified atom stereocenters. The number of hydrogen-bond donors (Lipinski definition) is 1. The number of benzene rings is 1. The topological polar surface area (TPSA) is 40.5 Å². The summed E-state index contributed by atoms with van der Waals surface area (Å²) in [5, 5.41) is 8.76. The molecular formula is C14H18FNO2. The number of rotatable bonds is 3. The van der Waals surface area contributed by atoms with E-state index < -0.39 is 11.8 Å². The van der Waals surface area contributed by atoms with Crippen LogP contribution < -0.4 is 0 Å². The van der Waals surface area contributed by atoms with E-state index in [-0.39, 0.29) is 5.56 Å². The number of hydrogen-bond acceptors (Lipinski definition) is 2. The van der Waals surface area contributed by atoms with Crippen molar-refractivity contribution in [1.82, 2.24) is 4.90 Å². The number of nitrogens with zero attached hydrogens (tertiary/aromatic N) is 1. The molecule has 1 aliphatic heterocycles. The van der Waals surface area contributed by atoms with E-state index in [9.17, 15) is 9.18 Å². The van der Waals surface area contributed by atoms with Crippen LogP contribution in [0.25, 0.3) is 0 Å². The van der Waals surface area contributed by atoms with Crippen molar-refractivity contribution < 1.29 is 14.3 Å². The van der Waals surface area contributed by atoms with Crippen LogP contribution in [-0.4, -0.2) is 29.1 Å². The molecule has 0 aliphatic carbocycles. The van der Waals surface area contributed by atoms with E-state index in [1.807, 2.05) is 0 Å². The van der Waals surface area contributed by atoms with Gasteiger partial charge in [0.1, 0.15) is 5.82 Å². The van der Waals surface area contributed by atoms with E-state index in [0.717, 1.165) is 25.1 Å². The Kier molecular flexibility index (Phi) is 3.39. The first-order chi connectivity index (χ1) is 8.37. The highest BCUT2D eigenvalue weighted by molar-refractivity contribution is 5.87. The minimum Gasteiger partial charge on any atom is -0.478 e. The molecule has 1 heterocycles. The highest BCUT2D eigenvalue weighted by atomic mass is 19.1. The Hall–Kier alpha value is -1.42. The van der Waals surface area contributed by atoms with Crippen LogP contribution in [-0.2, 0) is 6.54 Å². The molecule has 0 amide bonds. The first kappa shape index (κ1) is 13.0. The lowest BCUT2D eigenvalue weighted by Crippen LogP contribution is -2.23. The van der Waals surface area contributed by atoms with Crippen LogP contribution in [0.4, 0.5) is 4.39 Å². The van der Waals surface area contributed by atoms with Crippen molar-refractivity contribution in [2.24, 2.45) is 5.41 Å². The predicted molar refractivity (Wildman–Crippen MR) is 67.0 cm³/mol. The molecule has 0 aromatic heterocycles. The van der Waals surface area contributed by atoms with Crippen LogP contribution in [0.5, 0.6) is 0 Å². The van der Waals surface area contributed by atoms with Crippen molar-refractivity contribution in [3.63, 3.8) is 0 Å². The first-order valence-corrected chi connectivity index (χ1v) is 6.11. The zero-order valence-corrected chi connectivity index (χ0v) is 10.7. The van der Waals surface area contributed by atoms with Crippen LogP contribution in [0.1, 0.15) is 36.2 Å². The van der Waals surface area contributed by atoms with Crippen LogP contribution in [0.15, 0.2) is 18.2 Å². The number of halogens is 1. The Morgan fingerprint density at radius 1 is 1.50 bits per heavy atom. The fraction of sp³-hybridized carbons (Fsp3) is 0.500. The number of aromatic carboxylic acids is 1. The molecule has 2 rings (SSSR count). The summed E-state index contributed by atoms with van der Waals surface area (Å²) < 4.78 is 13.5. The van der Waals surface area contributed by atoms with E-state index in [4.69, 9.17) is 5.11 Å². The average Bonchev–Trinajstić information content (AvgIpc) is 2.57. The summed E-state index contributed by atoms with van der Waals surface area (Å²) in [5.41, 5.74) is 0.884. The molecule has 1 saturated heterocycles. The third-order valence-electron chi connectivity index (χ3n) is 3.43. The molecule has 3 nitrogen and oxygen atoms in total. The van der Waals surface area contributed by atoms with Gasteiger partial charge in [-0.1, -0.05) is 19.9 Å². The van der Waals surface area contributed by atoms with Gasteiger partial charge in [0, 0.05) is 13.1 Å². The van der Waals surface area contributed by atoms with Gasteiger partial charge in [-0.2, -0.15) is 0 Å². The monoisotopic (exact) mass is 251 g/mol. The fourth-order valence-corrected chi connectivity index (χ4v) is 2.45. The van der Waals surface area contributed by atoms with E-state index >= 15 is 0 Å². The summed E-state index contributed by atoms with van der Waals surface area (Å²) in [6.45, 7) is 7.13. The standard InChI is InChI=1S/C14H18FNO2/c1-14(2)5-6-16(9-14)8-10-3-4-11(13(17)18)12(15)7-10/h3-4,7H,5-6,8-9H2,1-2H3,(H,17,18). The Balaban J connectivity index is 2.07. The predicted octanol–water partition coefficient (Wildman–Crippen LogP) is 2.76. The third kappa shape index (κ3) is 2.88. The van der Waals surface area contributed by atoms with Gasteiger partial charge in [-0.25, -0.2) is 9.18 Å². The number of carboxylic acid groups (broad SMARTS) is 1. The molecule has 0 spiro atoms. The Morgan fingerprint density at radius 3 is 2.72 bits per heavy atom. The quantitative estimate of drug-likeness (QED) is 0.898. The van der Waals surface area contributed by atoms with Crippen molar-refractivity contribution >= 4 is 5.97 Å². The zero-order valence-electron chi connectivity index (χ0n) is 10.7. The van der Waals surface area contributed by atoms with Gasteiger partial charge in [0.05, 0.1) is 5.56 Å². The van der Waals surface area contributed by atoms with Gasteiger partial charge in [-0.3, -0.25) is 4.90 Å². The van der Waals surface area contributed by atoms with Gasteiger partial charge in [-0.15, -0.1) is 0 Å². The molecule has 4 heteroatoms. The van der Waals surface area contributed by atoms with Crippen molar-refractivity contribution in [1.29, 1.82) is 0 Å². The van der Waals surface area contributed by atoms with Crippen LogP contribution in [0.2, 0.25) is 0 Å². The fourth-order valence-electron chi connectivity index (χ4n) is 2.45. The molecule has 0 radical (unpaired) electrons. The molecule has 0 saturated carbocycles. The Morgan fingerprint density at radius 2 is 2.22 bits per heavy atom. The second-order valence-electron chi connectivity index (χ2n) is 5.74. The lowest BCUT2D eigenvalue weighted by atomic mass is 9.93. The molecule has 18 heavy (non-hydrogen) atoms. The van der Waals surface area contributed by atoms with E-state index in [0.29, 0.717) is 12.0 Å². The zero-order chi connectivity index (χ0) is 13.3. The Labute approximate surface area is 106 Å². The highest BCUT2D eigenvalue weighted by Gasteiger charge is 2.28. The van der Waals surface area contributed by atoms with Gasteiger partial charge in [0.15, 0.2) is 0 Å². The maximum Gasteiger partial charge on any atom is 0.338 e. The summed E-state index contributed by atoms with van der Waals surface area (Å²) in [7, 11) is 0. The van der Waals surface area contributed by atoms with Crippen molar-refractivity contribution in [2.45, 2.75) is 26.8 Å². The van der Waals surface area contributed by atoms with Gasteiger partial charge >= 0.3 is 5.97 Å². The van der Waals surface area contributed by atoms with Gasteiger partial charge in [0.2, 0.25) is 0 Å². The van der Waals surface area contributed by atoms with Crippen molar-refractivity contribution in [3.8, 4) is 0 Å². The minimum absolute atomic E-state index is 0.263. The summed E-state index contributed by atoms with van der Waals surface area (Å²) in [6.07, 6.45) is 1.14.